The van der Waals surface area contributed by atoms with Crippen molar-refractivity contribution in [3.8, 4) is 0 Å². The minimum absolute atomic E-state index is 0.0837. The highest BCUT2D eigenvalue weighted by atomic mass is 79.9. The van der Waals surface area contributed by atoms with Crippen LogP contribution < -0.4 is 10.5 Å². The largest absolute Gasteiger partial charge is 0.376 e. The Hall–Kier alpha value is -0.730. The topological polar surface area (TPSA) is 72.2 Å². The Bertz CT molecular complexity index is 508. The number of hydrogen-bond donors (Lipinski definition) is 2. The van der Waals surface area contributed by atoms with E-state index in [9.17, 15) is 17.2 Å². The third kappa shape index (κ3) is 3.90. The quantitative estimate of drug-likeness (QED) is 0.889. The van der Waals surface area contributed by atoms with Crippen LogP contribution in [-0.4, -0.2) is 20.9 Å². The van der Waals surface area contributed by atoms with E-state index in [2.05, 4.69) is 21.2 Å². The molecule has 0 amide bonds. The van der Waals surface area contributed by atoms with E-state index in [1.54, 1.807) is 0 Å². The third-order valence-electron chi connectivity index (χ3n) is 2.03. The number of benzene rings is 1. The molecular weight excluding hydrogens is 318 g/mol. The number of rotatable bonds is 4. The summed E-state index contributed by atoms with van der Waals surface area (Å²) in [6.45, 7) is 1.32. The molecule has 0 aliphatic heterocycles. The van der Waals surface area contributed by atoms with Gasteiger partial charge in [-0.3, -0.25) is 0 Å². The van der Waals surface area contributed by atoms with Crippen molar-refractivity contribution in [1.29, 1.82) is 0 Å². The fraction of sp³-hybridized carbons (Fsp3) is 0.333. The fourth-order valence-corrected chi connectivity index (χ4v) is 2.28. The smallest absolute Gasteiger partial charge is 0.258 e. The van der Waals surface area contributed by atoms with Crippen LogP contribution in [0.2, 0.25) is 0 Å². The summed E-state index contributed by atoms with van der Waals surface area (Å²) in [5, 5.41) is 7.49. The molecule has 1 aromatic carbocycles. The highest BCUT2D eigenvalue weighted by Gasteiger charge is 2.16. The van der Waals surface area contributed by atoms with Crippen LogP contribution in [0.5, 0.6) is 0 Å². The van der Waals surface area contributed by atoms with Crippen LogP contribution in [-0.2, 0) is 10.0 Å². The number of hydrogen-bond acceptors (Lipinski definition) is 3. The lowest BCUT2D eigenvalue weighted by Gasteiger charge is -2.15. The zero-order chi connectivity index (χ0) is 13.2. The normalized spacial score (nSPS) is 13.8. The first-order valence-electron chi connectivity index (χ1n) is 4.59. The summed E-state index contributed by atoms with van der Waals surface area (Å²) in [7, 11) is -3.79. The molecule has 0 saturated heterocycles. The second kappa shape index (κ2) is 5.28. The van der Waals surface area contributed by atoms with Crippen LogP contribution in [0.3, 0.4) is 0 Å². The molecule has 0 aliphatic rings. The maximum absolute atomic E-state index is 12.3. The van der Waals surface area contributed by atoms with Crippen LogP contribution in [0, 0.1) is 0 Å². The molecule has 8 heteroatoms. The van der Waals surface area contributed by atoms with E-state index in [-0.39, 0.29) is 4.90 Å². The lowest BCUT2D eigenvalue weighted by Crippen LogP contribution is -2.24. The molecule has 0 aromatic heterocycles. The molecule has 0 fully saturated rings. The first kappa shape index (κ1) is 14.3. The Morgan fingerprint density at radius 3 is 2.41 bits per heavy atom. The zero-order valence-corrected chi connectivity index (χ0v) is 11.2. The summed E-state index contributed by atoms with van der Waals surface area (Å²) < 4.78 is 47.1. The van der Waals surface area contributed by atoms with Crippen LogP contribution in [0.1, 0.15) is 6.92 Å². The van der Waals surface area contributed by atoms with Crippen LogP contribution in [0.4, 0.5) is 14.5 Å². The summed E-state index contributed by atoms with van der Waals surface area (Å²) in [5.41, 5.74) is 0.380. The molecule has 3 N–H and O–H groups in total. The first-order chi connectivity index (χ1) is 7.71. The van der Waals surface area contributed by atoms with Crippen molar-refractivity contribution < 1.29 is 17.2 Å². The highest BCUT2D eigenvalue weighted by molar-refractivity contribution is 9.10. The van der Waals surface area contributed by atoms with Crippen molar-refractivity contribution in [2.75, 3.05) is 5.32 Å². The molecule has 1 rings (SSSR count). The molecule has 0 bridgehead atoms. The van der Waals surface area contributed by atoms with Gasteiger partial charge in [0.15, 0.2) is 0 Å². The molecule has 0 heterocycles. The number of nitrogens with two attached hydrogens (primary N) is 1. The van der Waals surface area contributed by atoms with Crippen molar-refractivity contribution in [1.82, 2.24) is 0 Å². The lowest BCUT2D eigenvalue weighted by atomic mass is 10.3. The predicted molar refractivity (Wildman–Crippen MR) is 64.6 cm³/mol. The highest BCUT2D eigenvalue weighted by Crippen LogP contribution is 2.26. The molecule has 1 atom stereocenters. The van der Waals surface area contributed by atoms with Gasteiger partial charge in [0.1, 0.15) is 0 Å². The minimum Gasteiger partial charge on any atom is -0.376 e. The Morgan fingerprint density at radius 1 is 1.41 bits per heavy atom. The van der Waals surface area contributed by atoms with E-state index in [0.717, 1.165) is 0 Å². The third-order valence-corrected chi connectivity index (χ3v) is 3.60. The Labute approximate surface area is 106 Å². The summed E-state index contributed by atoms with van der Waals surface area (Å²) in [4.78, 5) is -0.0837. The van der Waals surface area contributed by atoms with Crippen LogP contribution >= 0.6 is 15.9 Å². The van der Waals surface area contributed by atoms with E-state index in [1.165, 1.54) is 25.1 Å². The SMILES string of the molecule is CC(Nc1ccc(S(N)(=O)=O)cc1Br)C(F)F. The van der Waals surface area contributed by atoms with E-state index < -0.39 is 22.5 Å². The summed E-state index contributed by atoms with van der Waals surface area (Å²) in [6.07, 6.45) is -2.51. The second-order valence-electron chi connectivity index (χ2n) is 3.45. The van der Waals surface area contributed by atoms with Gasteiger partial charge in [0.2, 0.25) is 10.0 Å². The van der Waals surface area contributed by atoms with Gasteiger partial charge in [0.05, 0.1) is 10.9 Å². The molecule has 17 heavy (non-hydrogen) atoms. The number of alkyl halides is 2. The molecule has 96 valence electrons. The van der Waals surface area contributed by atoms with Gasteiger partial charge in [0, 0.05) is 10.2 Å². The molecular formula is C9H11BrF2N2O2S. The van der Waals surface area contributed by atoms with Gasteiger partial charge in [-0.05, 0) is 41.1 Å². The van der Waals surface area contributed by atoms with Crippen LogP contribution in [0.15, 0.2) is 27.6 Å². The maximum Gasteiger partial charge on any atom is 0.258 e. The van der Waals surface area contributed by atoms with Gasteiger partial charge in [0.25, 0.3) is 6.43 Å². The second-order valence-corrected chi connectivity index (χ2v) is 5.87. The van der Waals surface area contributed by atoms with E-state index in [4.69, 9.17) is 5.14 Å². The van der Waals surface area contributed by atoms with Gasteiger partial charge in [-0.2, -0.15) is 0 Å². The molecule has 0 radical (unpaired) electrons. The Kier molecular flexibility index (Phi) is 4.45. The number of primary sulfonamides is 1. The number of halogens is 3. The maximum atomic E-state index is 12.3. The van der Waals surface area contributed by atoms with Gasteiger partial charge in [-0.1, -0.05) is 0 Å². The number of sulfonamides is 1. The first-order valence-corrected chi connectivity index (χ1v) is 6.93. The minimum atomic E-state index is -3.79. The van der Waals surface area contributed by atoms with Gasteiger partial charge in [-0.15, -0.1) is 0 Å². The number of nitrogens with one attached hydrogen (secondary N) is 1. The summed E-state index contributed by atoms with van der Waals surface area (Å²) in [5.74, 6) is 0. The molecule has 1 aromatic rings. The van der Waals surface area contributed by atoms with E-state index >= 15 is 0 Å². The van der Waals surface area contributed by atoms with Crippen molar-refractivity contribution >= 4 is 31.6 Å². The average Bonchev–Trinajstić information content (AvgIpc) is 2.19. The Morgan fingerprint density at radius 2 is 2.00 bits per heavy atom. The monoisotopic (exact) mass is 328 g/mol. The summed E-state index contributed by atoms with van der Waals surface area (Å²) >= 11 is 3.09. The van der Waals surface area contributed by atoms with Crippen LogP contribution in [0.25, 0.3) is 0 Å². The number of anilines is 1. The zero-order valence-electron chi connectivity index (χ0n) is 8.82. The molecule has 0 spiro atoms. The van der Waals surface area contributed by atoms with Gasteiger partial charge in [-0.25, -0.2) is 22.3 Å². The van der Waals surface area contributed by atoms with Crippen molar-refractivity contribution in [2.45, 2.75) is 24.3 Å². The molecule has 0 aliphatic carbocycles. The van der Waals surface area contributed by atoms with Crippen molar-refractivity contribution in [3.63, 3.8) is 0 Å². The Balaban J connectivity index is 2.99. The van der Waals surface area contributed by atoms with E-state index in [1.807, 2.05) is 0 Å². The van der Waals surface area contributed by atoms with Crippen molar-refractivity contribution in [3.05, 3.63) is 22.7 Å². The lowest BCUT2D eigenvalue weighted by molar-refractivity contribution is 0.130. The van der Waals surface area contributed by atoms with Gasteiger partial charge < -0.3 is 5.32 Å². The fourth-order valence-electron chi connectivity index (χ4n) is 1.10. The predicted octanol–water partition coefficient (Wildman–Crippen LogP) is 2.16. The van der Waals surface area contributed by atoms with E-state index in [0.29, 0.717) is 10.2 Å². The summed E-state index contributed by atoms with van der Waals surface area (Å²) in [6, 6.07) is 2.85. The molecule has 4 nitrogen and oxygen atoms in total. The van der Waals surface area contributed by atoms with Gasteiger partial charge >= 0.3 is 0 Å². The average molecular weight is 329 g/mol. The van der Waals surface area contributed by atoms with Crippen molar-refractivity contribution in [2.24, 2.45) is 5.14 Å². The molecule has 0 saturated carbocycles. The standard InChI is InChI=1S/C9H11BrF2N2O2S/c1-5(9(11)12)14-8-3-2-6(4-7(8)10)17(13,15)16/h2-5,9,14H,1H3,(H2,13,15,16). The molecule has 1 unspecified atom stereocenters.